The number of hydrogen-bond donors (Lipinski definition) is 1. The van der Waals surface area contributed by atoms with Crippen molar-refractivity contribution in [3.63, 3.8) is 0 Å². The summed E-state index contributed by atoms with van der Waals surface area (Å²) in [6.45, 7) is 10.1. The zero-order chi connectivity index (χ0) is 20.4. The van der Waals surface area contributed by atoms with Crippen LogP contribution in [0.25, 0.3) is 0 Å². The molecule has 0 bridgehead atoms. The fraction of sp³-hybridized carbons (Fsp3) is 0.476. The molecule has 0 aliphatic rings. The van der Waals surface area contributed by atoms with Crippen molar-refractivity contribution in [2.24, 2.45) is 7.05 Å². The number of nitrogens with zero attached hydrogens (tertiary/aromatic N) is 2. The van der Waals surface area contributed by atoms with Crippen molar-refractivity contribution in [2.45, 2.75) is 63.3 Å². The third-order valence-electron chi connectivity index (χ3n) is 4.64. The first-order valence-corrected chi connectivity index (χ1v) is 9.98. The van der Waals surface area contributed by atoms with Gasteiger partial charge in [0.05, 0.1) is 0 Å². The minimum absolute atomic E-state index is 0.0883. The van der Waals surface area contributed by atoms with Gasteiger partial charge in [0.1, 0.15) is 5.25 Å². The van der Waals surface area contributed by atoms with E-state index in [0.717, 1.165) is 17.3 Å². The smallest absolute Gasteiger partial charge is 0.317 e. The van der Waals surface area contributed by atoms with Crippen LogP contribution in [0.5, 0.6) is 0 Å². The van der Waals surface area contributed by atoms with E-state index >= 15 is 0 Å². The number of thioether (sulfide) groups is 1. The molecule has 1 atom stereocenters. The molecule has 1 aromatic carbocycles. The summed E-state index contributed by atoms with van der Waals surface area (Å²) in [5.41, 5.74) is 3.58. The first-order chi connectivity index (χ1) is 12.5. The number of carboxylic acid groups (broad SMARTS) is 1. The maximum absolute atomic E-state index is 12.8. The van der Waals surface area contributed by atoms with Gasteiger partial charge >= 0.3 is 5.97 Å². The second-order valence-corrected chi connectivity index (χ2v) is 8.97. The standard InChI is InChI=1S/C21H28N2O3S/c1-7-17(19(25)26)27-20-22-13(2)16(18(24)23(20)6)12-14-8-10-15(11-9-14)21(3,4)5/h8-11,17H,7,12H2,1-6H3,(H,25,26). The molecule has 0 saturated carbocycles. The Labute approximate surface area is 164 Å². The van der Waals surface area contributed by atoms with Gasteiger partial charge in [-0.2, -0.15) is 0 Å². The minimum atomic E-state index is -0.891. The van der Waals surface area contributed by atoms with Gasteiger partial charge in [-0.1, -0.05) is 63.7 Å². The molecule has 1 unspecified atom stereocenters. The lowest BCUT2D eigenvalue weighted by atomic mass is 9.86. The van der Waals surface area contributed by atoms with Crippen LogP contribution in [-0.4, -0.2) is 25.9 Å². The van der Waals surface area contributed by atoms with Gasteiger partial charge in [0.2, 0.25) is 0 Å². The van der Waals surface area contributed by atoms with E-state index in [0.29, 0.717) is 29.3 Å². The number of aromatic nitrogens is 2. The quantitative estimate of drug-likeness (QED) is 0.600. The van der Waals surface area contributed by atoms with Crippen molar-refractivity contribution in [3.05, 3.63) is 57.0 Å². The van der Waals surface area contributed by atoms with Gasteiger partial charge in [0.25, 0.3) is 5.56 Å². The molecule has 0 aliphatic heterocycles. The van der Waals surface area contributed by atoms with Crippen molar-refractivity contribution >= 4 is 17.7 Å². The van der Waals surface area contributed by atoms with Crippen LogP contribution in [0.3, 0.4) is 0 Å². The van der Waals surface area contributed by atoms with Crippen LogP contribution >= 0.6 is 11.8 Å². The Kier molecular flexibility index (Phi) is 6.52. The summed E-state index contributed by atoms with van der Waals surface area (Å²) in [5, 5.41) is 9.09. The van der Waals surface area contributed by atoms with Crippen molar-refractivity contribution in [1.82, 2.24) is 9.55 Å². The number of benzene rings is 1. The highest BCUT2D eigenvalue weighted by atomic mass is 32.2. The summed E-state index contributed by atoms with van der Waals surface area (Å²) in [4.78, 5) is 28.6. The maximum Gasteiger partial charge on any atom is 0.317 e. The van der Waals surface area contributed by atoms with Gasteiger partial charge in [-0.3, -0.25) is 14.2 Å². The normalized spacial score (nSPS) is 12.8. The first-order valence-electron chi connectivity index (χ1n) is 9.10. The van der Waals surface area contributed by atoms with Gasteiger partial charge in [0.15, 0.2) is 5.16 Å². The summed E-state index contributed by atoms with van der Waals surface area (Å²) >= 11 is 1.12. The third kappa shape index (κ3) is 5.01. The molecule has 0 amide bonds. The van der Waals surface area contributed by atoms with Crippen LogP contribution in [-0.2, 0) is 23.7 Å². The van der Waals surface area contributed by atoms with Crippen molar-refractivity contribution in [2.75, 3.05) is 0 Å². The van der Waals surface area contributed by atoms with E-state index in [2.05, 4.69) is 50.0 Å². The molecule has 1 heterocycles. The molecule has 0 aliphatic carbocycles. The Morgan fingerprint density at radius 2 is 1.85 bits per heavy atom. The predicted octanol–water partition coefficient (Wildman–Crippen LogP) is 3.93. The van der Waals surface area contributed by atoms with Gasteiger partial charge < -0.3 is 5.11 Å². The number of carbonyl (C=O) groups is 1. The van der Waals surface area contributed by atoms with E-state index in [1.807, 2.05) is 13.8 Å². The summed E-state index contributed by atoms with van der Waals surface area (Å²) < 4.78 is 1.46. The summed E-state index contributed by atoms with van der Waals surface area (Å²) in [7, 11) is 1.65. The van der Waals surface area contributed by atoms with Crippen LogP contribution in [0, 0.1) is 6.92 Å². The van der Waals surface area contributed by atoms with Gasteiger partial charge in [-0.25, -0.2) is 4.98 Å². The molecular formula is C21H28N2O3S. The molecular weight excluding hydrogens is 360 g/mol. The monoisotopic (exact) mass is 388 g/mol. The zero-order valence-electron chi connectivity index (χ0n) is 16.9. The van der Waals surface area contributed by atoms with Gasteiger partial charge in [-0.15, -0.1) is 0 Å². The molecule has 27 heavy (non-hydrogen) atoms. The molecule has 0 saturated heterocycles. The minimum Gasteiger partial charge on any atom is -0.480 e. The SMILES string of the molecule is CCC(Sc1nc(C)c(Cc2ccc(C(C)(C)C)cc2)c(=O)n1C)C(=O)O. The van der Waals surface area contributed by atoms with Crippen LogP contribution in [0.2, 0.25) is 0 Å². The van der Waals surface area contributed by atoms with E-state index in [1.165, 1.54) is 10.1 Å². The number of rotatable bonds is 6. The Hall–Kier alpha value is -2.08. The molecule has 0 fully saturated rings. The second-order valence-electron chi connectivity index (χ2n) is 7.80. The van der Waals surface area contributed by atoms with E-state index in [-0.39, 0.29) is 11.0 Å². The number of aliphatic carboxylic acids is 1. The third-order valence-corrected chi connectivity index (χ3v) is 6.04. The molecule has 6 heteroatoms. The lowest BCUT2D eigenvalue weighted by molar-refractivity contribution is -0.136. The molecule has 0 radical (unpaired) electrons. The van der Waals surface area contributed by atoms with Crippen molar-refractivity contribution in [3.8, 4) is 0 Å². The Morgan fingerprint density at radius 3 is 2.33 bits per heavy atom. The van der Waals surface area contributed by atoms with Crippen LogP contribution in [0.1, 0.15) is 56.5 Å². The number of carboxylic acids is 1. The van der Waals surface area contributed by atoms with E-state index in [4.69, 9.17) is 0 Å². The highest BCUT2D eigenvalue weighted by Gasteiger charge is 2.21. The van der Waals surface area contributed by atoms with Gasteiger partial charge in [0, 0.05) is 24.7 Å². The van der Waals surface area contributed by atoms with E-state index in [9.17, 15) is 14.7 Å². The van der Waals surface area contributed by atoms with E-state index in [1.54, 1.807) is 7.05 Å². The van der Waals surface area contributed by atoms with Crippen molar-refractivity contribution < 1.29 is 9.90 Å². The van der Waals surface area contributed by atoms with Gasteiger partial charge in [-0.05, 0) is 29.9 Å². The van der Waals surface area contributed by atoms with Crippen molar-refractivity contribution in [1.29, 1.82) is 0 Å². The Balaban J connectivity index is 2.32. The zero-order valence-corrected chi connectivity index (χ0v) is 17.7. The summed E-state index contributed by atoms with van der Waals surface area (Å²) in [6.07, 6.45) is 0.980. The molecule has 1 aromatic heterocycles. The number of hydrogen-bond acceptors (Lipinski definition) is 4. The fourth-order valence-corrected chi connectivity index (χ4v) is 3.75. The fourth-order valence-electron chi connectivity index (χ4n) is 2.80. The molecule has 1 N–H and O–H groups in total. The average molecular weight is 389 g/mol. The highest BCUT2D eigenvalue weighted by molar-refractivity contribution is 8.00. The predicted molar refractivity (Wildman–Crippen MR) is 110 cm³/mol. The van der Waals surface area contributed by atoms with Crippen LogP contribution in [0.15, 0.2) is 34.2 Å². The largest absolute Gasteiger partial charge is 0.480 e. The van der Waals surface area contributed by atoms with Crippen LogP contribution in [0.4, 0.5) is 0 Å². The molecule has 0 spiro atoms. The summed E-state index contributed by atoms with van der Waals surface area (Å²) in [6, 6.07) is 8.32. The first kappa shape index (κ1) is 21.2. The summed E-state index contributed by atoms with van der Waals surface area (Å²) in [5.74, 6) is -0.891. The lowest BCUT2D eigenvalue weighted by Gasteiger charge is -2.19. The van der Waals surface area contributed by atoms with Crippen LogP contribution < -0.4 is 5.56 Å². The second kappa shape index (κ2) is 8.30. The molecule has 2 rings (SSSR count). The topological polar surface area (TPSA) is 72.2 Å². The number of aryl methyl sites for hydroxylation is 1. The highest BCUT2D eigenvalue weighted by Crippen LogP contribution is 2.25. The lowest BCUT2D eigenvalue weighted by Crippen LogP contribution is -2.27. The molecule has 5 nitrogen and oxygen atoms in total. The Morgan fingerprint density at radius 1 is 1.26 bits per heavy atom. The average Bonchev–Trinajstić information content (AvgIpc) is 2.60. The molecule has 2 aromatic rings. The van der Waals surface area contributed by atoms with E-state index < -0.39 is 11.2 Å². The Bertz CT molecular complexity index is 880. The molecule has 146 valence electrons. The maximum atomic E-state index is 12.8.